The number of aromatic amines is 1. The average Bonchev–Trinajstić information content (AvgIpc) is 2.98. The van der Waals surface area contributed by atoms with Crippen LogP contribution in [0.3, 0.4) is 0 Å². The molecule has 8 nitrogen and oxygen atoms in total. The van der Waals surface area contributed by atoms with E-state index in [2.05, 4.69) is 15.2 Å². The van der Waals surface area contributed by atoms with Crippen molar-refractivity contribution in [2.24, 2.45) is 0 Å². The fraction of sp³-hybridized carbons (Fsp3) is 0.154. The minimum atomic E-state index is -0.450. The zero-order valence-electron chi connectivity index (χ0n) is 12.2. The molecule has 0 spiro atoms. The van der Waals surface area contributed by atoms with Gasteiger partial charge in [-0.2, -0.15) is 5.10 Å². The number of nitrogens with one attached hydrogen (secondary N) is 2. The lowest BCUT2D eigenvalue weighted by Crippen LogP contribution is -2.21. The summed E-state index contributed by atoms with van der Waals surface area (Å²) in [5.41, 5.74) is 1.45. The molecule has 2 N–H and O–H groups in total. The van der Waals surface area contributed by atoms with Crippen molar-refractivity contribution in [3.05, 3.63) is 39.9 Å². The highest BCUT2D eigenvalue weighted by molar-refractivity contribution is 7.98. The number of rotatable bonds is 4. The SMILES string of the molecule is CSc1n[nH]c2nc(SC)n(-c3ccc([N+](=O)[O-])cc3)c(=N)c12. The smallest absolute Gasteiger partial charge is 0.269 e. The standard InChI is InChI=1S/C13H12N6O2S2/c1-22-12-9-10(14)18(13(23-2)15-11(9)16-17-12)7-3-5-8(6-4-7)19(20)21/h3-6,14H,1-2H3,(H,16,17). The highest BCUT2D eigenvalue weighted by Crippen LogP contribution is 2.24. The molecule has 0 bridgehead atoms. The Kier molecular flexibility index (Phi) is 4.09. The molecule has 10 heteroatoms. The van der Waals surface area contributed by atoms with Crippen LogP contribution in [0, 0.1) is 15.5 Å². The van der Waals surface area contributed by atoms with Gasteiger partial charge in [0, 0.05) is 12.1 Å². The van der Waals surface area contributed by atoms with E-state index < -0.39 is 4.92 Å². The number of fused-ring (bicyclic) bond motifs is 1. The minimum Gasteiger partial charge on any atom is -0.283 e. The first-order valence-corrected chi connectivity index (χ1v) is 8.90. The zero-order valence-corrected chi connectivity index (χ0v) is 13.9. The zero-order chi connectivity index (χ0) is 16.6. The Morgan fingerprint density at radius 1 is 1.26 bits per heavy atom. The highest BCUT2D eigenvalue weighted by Gasteiger charge is 2.16. The number of non-ortho nitro benzene ring substituents is 1. The van der Waals surface area contributed by atoms with Crippen molar-refractivity contribution in [2.75, 3.05) is 12.5 Å². The Morgan fingerprint density at radius 3 is 2.52 bits per heavy atom. The molecular formula is C13H12N6O2S2. The maximum Gasteiger partial charge on any atom is 0.269 e. The van der Waals surface area contributed by atoms with Crippen LogP contribution in [-0.4, -0.2) is 37.2 Å². The van der Waals surface area contributed by atoms with E-state index in [1.807, 2.05) is 12.5 Å². The first-order valence-electron chi connectivity index (χ1n) is 6.45. The summed E-state index contributed by atoms with van der Waals surface area (Å²) in [6.45, 7) is 0. The van der Waals surface area contributed by atoms with Gasteiger partial charge in [0.15, 0.2) is 10.8 Å². The number of hydrogen-bond donors (Lipinski definition) is 2. The second kappa shape index (κ2) is 6.05. The van der Waals surface area contributed by atoms with Gasteiger partial charge in [0.05, 0.1) is 16.0 Å². The monoisotopic (exact) mass is 348 g/mol. The summed E-state index contributed by atoms with van der Waals surface area (Å²) < 4.78 is 1.66. The molecule has 0 radical (unpaired) electrons. The Bertz CT molecular complexity index is 947. The molecule has 2 heterocycles. The molecule has 3 rings (SSSR count). The van der Waals surface area contributed by atoms with E-state index in [0.29, 0.717) is 26.9 Å². The number of aromatic nitrogens is 4. The Labute approximate surface area is 139 Å². The van der Waals surface area contributed by atoms with E-state index in [0.717, 1.165) is 0 Å². The van der Waals surface area contributed by atoms with E-state index in [4.69, 9.17) is 5.41 Å². The Hall–Kier alpha value is -2.33. The van der Waals surface area contributed by atoms with E-state index in [-0.39, 0.29) is 11.2 Å². The molecule has 2 aromatic heterocycles. The van der Waals surface area contributed by atoms with Crippen molar-refractivity contribution in [1.29, 1.82) is 5.41 Å². The van der Waals surface area contributed by atoms with Gasteiger partial charge in [-0.1, -0.05) is 11.8 Å². The van der Waals surface area contributed by atoms with Crippen molar-refractivity contribution in [3.63, 3.8) is 0 Å². The number of thioether (sulfide) groups is 2. The maximum absolute atomic E-state index is 10.8. The summed E-state index contributed by atoms with van der Waals surface area (Å²) in [7, 11) is 0. The van der Waals surface area contributed by atoms with E-state index in [1.165, 1.54) is 35.7 Å². The molecular weight excluding hydrogens is 336 g/mol. The number of nitrogens with zero attached hydrogens (tertiary/aromatic N) is 4. The second-order valence-corrected chi connectivity index (χ2v) is 6.08. The third kappa shape index (κ3) is 2.59. The molecule has 0 aliphatic carbocycles. The van der Waals surface area contributed by atoms with Gasteiger partial charge in [-0.3, -0.25) is 25.2 Å². The fourth-order valence-corrected chi connectivity index (χ4v) is 3.31. The van der Waals surface area contributed by atoms with Gasteiger partial charge in [0.2, 0.25) is 0 Å². The summed E-state index contributed by atoms with van der Waals surface area (Å²) in [6.07, 6.45) is 3.75. The first kappa shape index (κ1) is 15.6. The van der Waals surface area contributed by atoms with Gasteiger partial charge in [-0.15, -0.1) is 11.8 Å². The molecule has 0 fully saturated rings. The van der Waals surface area contributed by atoms with Gasteiger partial charge in [-0.25, -0.2) is 4.98 Å². The van der Waals surface area contributed by atoms with E-state index >= 15 is 0 Å². The molecule has 1 aromatic carbocycles. The Balaban J connectivity index is 2.28. The first-order chi connectivity index (χ1) is 11.1. The summed E-state index contributed by atoms with van der Waals surface area (Å²) in [6, 6.07) is 6.06. The predicted molar refractivity (Wildman–Crippen MR) is 89.3 cm³/mol. The second-order valence-electron chi connectivity index (χ2n) is 4.51. The van der Waals surface area contributed by atoms with Crippen LogP contribution in [-0.2, 0) is 0 Å². The Morgan fingerprint density at radius 2 is 1.96 bits per heavy atom. The van der Waals surface area contributed by atoms with Crippen molar-refractivity contribution < 1.29 is 4.92 Å². The minimum absolute atomic E-state index is 0.00809. The molecule has 0 saturated heterocycles. The normalized spacial score (nSPS) is 11.0. The molecule has 0 aliphatic heterocycles. The van der Waals surface area contributed by atoms with Crippen LogP contribution in [0.5, 0.6) is 0 Å². The van der Waals surface area contributed by atoms with Crippen LogP contribution in [0.1, 0.15) is 0 Å². The molecule has 0 unspecified atom stereocenters. The molecule has 0 atom stereocenters. The molecule has 0 aliphatic rings. The van der Waals surface area contributed by atoms with Gasteiger partial charge in [-0.05, 0) is 24.6 Å². The number of H-pyrrole nitrogens is 1. The summed E-state index contributed by atoms with van der Waals surface area (Å²) in [5, 5.41) is 28.3. The van der Waals surface area contributed by atoms with Gasteiger partial charge >= 0.3 is 0 Å². The van der Waals surface area contributed by atoms with Crippen LogP contribution < -0.4 is 5.49 Å². The predicted octanol–water partition coefficient (Wildman–Crippen LogP) is 2.58. The van der Waals surface area contributed by atoms with Crippen molar-refractivity contribution in [2.45, 2.75) is 10.2 Å². The van der Waals surface area contributed by atoms with Crippen LogP contribution >= 0.6 is 23.5 Å². The lowest BCUT2D eigenvalue weighted by Gasteiger charge is -2.12. The topological polar surface area (TPSA) is 113 Å². The molecule has 118 valence electrons. The summed E-state index contributed by atoms with van der Waals surface area (Å²) in [4.78, 5) is 14.8. The molecule has 23 heavy (non-hydrogen) atoms. The summed E-state index contributed by atoms with van der Waals surface area (Å²) in [5.74, 6) is 0. The van der Waals surface area contributed by atoms with Gasteiger partial charge in [0.25, 0.3) is 5.69 Å². The van der Waals surface area contributed by atoms with Crippen molar-refractivity contribution in [3.8, 4) is 5.69 Å². The lowest BCUT2D eigenvalue weighted by molar-refractivity contribution is -0.384. The average molecular weight is 348 g/mol. The number of hydrogen-bond acceptors (Lipinski definition) is 7. The van der Waals surface area contributed by atoms with Crippen LogP contribution in [0.4, 0.5) is 5.69 Å². The third-order valence-electron chi connectivity index (χ3n) is 3.27. The number of benzene rings is 1. The number of nitro groups is 1. The van der Waals surface area contributed by atoms with Crippen molar-refractivity contribution in [1.82, 2.24) is 19.7 Å². The molecule has 0 amide bonds. The maximum atomic E-state index is 10.8. The fourth-order valence-electron chi connectivity index (χ4n) is 2.21. The third-order valence-corrected chi connectivity index (χ3v) is 4.59. The van der Waals surface area contributed by atoms with Crippen molar-refractivity contribution >= 4 is 40.2 Å². The quantitative estimate of drug-likeness (QED) is 0.324. The molecule has 0 saturated carbocycles. The van der Waals surface area contributed by atoms with Crippen LogP contribution in [0.15, 0.2) is 34.4 Å². The summed E-state index contributed by atoms with van der Waals surface area (Å²) >= 11 is 2.82. The van der Waals surface area contributed by atoms with Gasteiger partial charge in [0.1, 0.15) is 10.5 Å². The lowest BCUT2D eigenvalue weighted by atomic mass is 10.3. The van der Waals surface area contributed by atoms with Gasteiger partial charge < -0.3 is 0 Å². The van der Waals surface area contributed by atoms with Crippen LogP contribution in [0.25, 0.3) is 16.7 Å². The molecule has 3 aromatic rings. The highest BCUT2D eigenvalue weighted by atomic mass is 32.2. The largest absolute Gasteiger partial charge is 0.283 e. The van der Waals surface area contributed by atoms with E-state index in [9.17, 15) is 10.1 Å². The number of nitro benzene ring substituents is 1. The van der Waals surface area contributed by atoms with E-state index in [1.54, 1.807) is 16.7 Å². The van der Waals surface area contributed by atoms with Crippen LogP contribution in [0.2, 0.25) is 0 Å².